The molecule has 0 bridgehead atoms. The lowest BCUT2D eigenvalue weighted by Gasteiger charge is -2.15. The summed E-state index contributed by atoms with van der Waals surface area (Å²) < 4.78 is 21.2. The fourth-order valence-electron chi connectivity index (χ4n) is 2.65. The van der Waals surface area contributed by atoms with E-state index in [0.29, 0.717) is 24.7 Å². The number of hydrogen-bond donors (Lipinski definition) is 1. The molecular weight excluding hydrogens is 374 g/mol. The molecule has 7 nitrogen and oxygen atoms in total. The summed E-state index contributed by atoms with van der Waals surface area (Å²) in [6.45, 7) is 6.10. The number of hydrogen-bond acceptors (Lipinski definition) is 6. The van der Waals surface area contributed by atoms with Gasteiger partial charge in [0, 0.05) is 0 Å². The Bertz CT molecular complexity index is 819. The number of ether oxygens (including phenoxy) is 4. The number of rotatable bonds is 10. The molecule has 156 valence electrons. The molecule has 0 spiro atoms. The van der Waals surface area contributed by atoms with Crippen molar-refractivity contribution < 1.29 is 28.5 Å². The highest BCUT2D eigenvalue weighted by atomic mass is 16.5. The molecule has 0 radical (unpaired) electrons. The summed E-state index contributed by atoms with van der Waals surface area (Å²) in [6.07, 6.45) is 0. The summed E-state index contributed by atoms with van der Waals surface area (Å²) in [5.41, 5.74) is 1.20. The molecular formula is C22H27NO6. The molecule has 0 fully saturated rings. The van der Waals surface area contributed by atoms with Crippen LogP contribution in [0.25, 0.3) is 0 Å². The zero-order valence-electron chi connectivity index (χ0n) is 17.2. The summed E-state index contributed by atoms with van der Waals surface area (Å²) in [5, 5.41) is 2.80. The molecule has 2 aromatic rings. The van der Waals surface area contributed by atoms with Crippen LogP contribution in [0.4, 0.5) is 0 Å². The molecule has 29 heavy (non-hydrogen) atoms. The van der Waals surface area contributed by atoms with Gasteiger partial charge in [-0.2, -0.15) is 0 Å². The van der Waals surface area contributed by atoms with Crippen LogP contribution in [0.3, 0.4) is 0 Å². The van der Waals surface area contributed by atoms with E-state index >= 15 is 0 Å². The van der Waals surface area contributed by atoms with Crippen molar-refractivity contribution in [3.63, 3.8) is 0 Å². The Balaban J connectivity index is 1.91. The average Bonchev–Trinajstić information content (AvgIpc) is 2.73. The zero-order chi connectivity index (χ0) is 21.2. The van der Waals surface area contributed by atoms with Crippen LogP contribution >= 0.6 is 0 Å². The second-order valence-corrected chi connectivity index (χ2v) is 6.17. The molecule has 0 aliphatic rings. The Morgan fingerprint density at radius 2 is 1.62 bits per heavy atom. The van der Waals surface area contributed by atoms with Crippen LogP contribution in [0.1, 0.15) is 42.7 Å². The minimum atomic E-state index is -0.610. The number of benzene rings is 2. The molecule has 0 aromatic heterocycles. The lowest BCUT2D eigenvalue weighted by atomic mass is 10.1. The minimum absolute atomic E-state index is 0.234. The highest BCUT2D eigenvalue weighted by molar-refractivity contribution is 5.92. The van der Waals surface area contributed by atoms with E-state index in [0.717, 1.165) is 11.3 Å². The number of esters is 1. The third-order valence-corrected chi connectivity index (χ3v) is 4.11. The molecule has 0 saturated carbocycles. The van der Waals surface area contributed by atoms with E-state index < -0.39 is 11.9 Å². The number of methoxy groups -OCH3 is 1. The lowest BCUT2D eigenvalue weighted by molar-refractivity contribution is -0.124. The normalized spacial score (nSPS) is 11.3. The van der Waals surface area contributed by atoms with E-state index in [1.54, 1.807) is 25.3 Å². The molecule has 1 unspecified atom stereocenters. The zero-order valence-corrected chi connectivity index (χ0v) is 17.2. The van der Waals surface area contributed by atoms with Gasteiger partial charge in [0.25, 0.3) is 5.91 Å². The van der Waals surface area contributed by atoms with E-state index in [2.05, 4.69) is 5.32 Å². The highest BCUT2D eigenvalue weighted by Crippen LogP contribution is 2.28. The second-order valence-electron chi connectivity index (χ2n) is 6.17. The molecule has 1 N–H and O–H groups in total. The Labute approximate surface area is 170 Å². The third kappa shape index (κ3) is 6.41. The smallest absolute Gasteiger partial charge is 0.338 e. The van der Waals surface area contributed by atoms with Crippen LogP contribution in [0.5, 0.6) is 17.2 Å². The fourth-order valence-corrected chi connectivity index (χ4v) is 2.65. The Hall–Kier alpha value is -3.22. The average molecular weight is 401 g/mol. The van der Waals surface area contributed by atoms with Gasteiger partial charge in [0.2, 0.25) is 0 Å². The van der Waals surface area contributed by atoms with Crippen molar-refractivity contribution in [3.05, 3.63) is 53.6 Å². The Kier molecular flexibility index (Phi) is 8.33. The van der Waals surface area contributed by atoms with Crippen LogP contribution in [-0.2, 0) is 9.53 Å². The minimum Gasteiger partial charge on any atom is -0.497 e. The molecule has 0 aliphatic heterocycles. The van der Waals surface area contributed by atoms with E-state index in [1.807, 2.05) is 45.0 Å². The first-order valence-electron chi connectivity index (χ1n) is 9.48. The number of nitrogens with one attached hydrogen (secondary N) is 1. The highest BCUT2D eigenvalue weighted by Gasteiger charge is 2.15. The number of carbonyl (C=O) groups excluding carboxylic acids is 2. The number of carbonyl (C=O) groups is 2. The van der Waals surface area contributed by atoms with Crippen LogP contribution in [0.15, 0.2) is 42.5 Å². The third-order valence-electron chi connectivity index (χ3n) is 4.11. The molecule has 1 atom stereocenters. The van der Waals surface area contributed by atoms with Crippen LogP contribution in [0.2, 0.25) is 0 Å². The SMILES string of the molecule is CCOc1ccc(C(=O)OCC(=O)NC(C)c2ccc(OC)cc2)cc1OCC. The fraction of sp³-hybridized carbons (Fsp3) is 0.364. The molecule has 1 amide bonds. The van der Waals surface area contributed by atoms with Crippen molar-refractivity contribution in [2.45, 2.75) is 26.8 Å². The van der Waals surface area contributed by atoms with Gasteiger partial charge in [-0.15, -0.1) is 0 Å². The van der Waals surface area contributed by atoms with Gasteiger partial charge in [0.15, 0.2) is 18.1 Å². The predicted molar refractivity (Wildman–Crippen MR) is 109 cm³/mol. The first-order valence-corrected chi connectivity index (χ1v) is 9.48. The molecule has 0 aliphatic carbocycles. The van der Waals surface area contributed by atoms with Crippen LogP contribution in [-0.4, -0.2) is 38.8 Å². The Morgan fingerprint density at radius 3 is 2.24 bits per heavy atom. The van der Waals surface area contributed by atoms with Crippen LogP contribution in [0, 0.1) is 0 Å². The van der Waals surface area contributed by atoms with Crippen molar-refractivity contribution >= 4 is 11.9 Å². The topological polar surface area (TPSA) is 83.1 Å². The van der Waals surface area contributed by atoms with Crippen LogP contribution < -0.4 is 19.5 Å². The predicted octanol–water partition coefficient (Wildman–Crippen LogP) is 3.53. The molecule has 7 heteroatoms. The van der Waals surface area contributed by atoms with Crippen molar-refractivity contribution in [2.24, 2.45) is 0 Å². The maximum atomic E-state index is 12.3. The van der Waals surface area contributed by atoms with Crippen molar-refractivity contribution in [2.75, 3.05) is 26.9 Å². The lowest BCUT2D eigenvalue weighted by Crippen LogP contribution is -2.31. The summed E-state index contributed by atoms with van der Waals surface area (Å²) >= 11 is 0. The van der Waals surface area contributed by atoms with Gasteiger partial charge < -0.3 is 24.3 Å². The summed E-state index contributed by atoms with van der Waals surface area (Å²) in [6, 6.07) is 11.9. The summed E-state index contributed by atoms with van der Waals surface area (Å²) in [4.78, 5) is 24.4. The Morgan fingerprint density at radius 1 is 0.966 bits per heavy atom. The van der Waals surface area contributed by atoms with Gasteiger partial charge in [-0.1, -0.05) is 12.1 Å². The first-order chi connectivity index (χ1) is 14.0. The van der Waals surface area contributed by atoms with Gasteiger partial charge in [0.1, 0.15) is 5.75 Å². The standard InChI is InChI=1S/C22H27NO6/c1-5-27-19-12-9-17(13-20(19)28-6-2)22(25)29-14-21(24)23-15(3)16-7-10-18(26-4)11-8-16/h7-13,15H,5-6,14H2,1-4H3,(H,23,24). The van der Waals surface area contributed by atoms with Gasteiger partial charge in [-0.3, -0.25) is 4.79 Å². The van der Waals surface area contributed by atoms with Crippen molar-refractivity contribution in [3.8, 4) is 17.2 Å². The van der Waals surface area contributed by atoms with E-state index in [4.69, 9.17) is 18.9 Å². The van der Waals surface area contributed by atoms with Gasteiger partial charge >= 0.3 is 5.97 Å². The van der Waals surface area contributed by atoms with Gasteiger partial charge in [-0.25, -0.2) is 4.79 Å². The largest absolute Gasteiger partial charge is 0.497 e. The number of amides is 1. The monoisotopic (exact) mass is 401 g/mol. The van der Waals surface area contributed by atoms with Crippen molar-refractivity contribution in [1.82, 2.24) is 5.32 Å². The van der Waals surface area contributed by atoms with E-state index in [1.165, 1.54) is 0 Å². The van der Waals surface area contributed by atoms with E-state index in [-0.39, 0.29) is 18.2 Å². The molecule has 0 saturated heterocycles. The molecule has 0 heterocycles. The van der Waals surface area contributed by atoms with E-state index in [9.17, 15) is 9.59 Å². The molecule has 2 rings (SSSR count). The quantitative estimate of drug-likeness (QED) is 0.613. The maximum Gasteiger partial charge on any atom is 0.338 e. The van der Waals surface area contributed by atoms with Gasteiger partial charge in [0.05, 0.1) is 31.9 Å². The van der Waals surface area contributed by atoms with Crippen molar-refractivity contribution in [1.29, 1.82) is 0 Å². The first kappa shape index (κ1) is 22.1. The summed E-state index contributed by atoms with van der Waals surface area (Å²) in [5.74, 6) is 0.750. The summed E-state index contributed by atoms with van der Waals surface area (Å²) in [7, 11) is 1.59. The second kappa shape index (κ2) is 10.9. The van der Waals surface area contributed by atoms with Gasteiger partial charge in [-0.05, 0) is 56.7 Å². The molecule has 2 aromatic carbocycles. The maximum absolute atomic E-state index is 12.3.